The lowest BCUT2D eigenvalue weighted by Gasteiger charge is -2.47. The van der Waals surface area contributed by atoms with Gasteiger partial charge in [-0.3, -0.25) is 4.79 Å². The number of carbonyl (C=O) groups excluding carboxylic acids is 1. The number of nitriles is 1. The zero-order chi connectivity index (χ0) is 25.2. The van der Waals surface area contributed by atoms with E-state index in [-0.39, 0.29) is 22.6 Å². The molecule has 1 unspecified atom stereocenters. The Bertz CT molecular complexity index is 1310. The van der Waals surface area contributed by atoms with Crippen LogP contribution in [0.4, 0.5) is 10.1 Å². The van der Waals surface area contributed by atoms with Gasteiger partial charge in [0.15, 0.2) is 0 Å². The molecule has 0 aliphatic carbocycles. The third-order valence-corrected chi connectivity index (χ3v) is 6.97. The number of amides is 1. The largest absolute Gasteiger partial charge is 0.366 e. The average molecular weight is 473 g/mol. The number of hydrogen-bond acceptors (Lipinski definition) is 3. The third-order valence-electron chi connectivity index (χ3n) is 6.97. The van der Waals surface area contributed by atoms with E-state index in [1.54, 1.807) is 6.07 Å². The van der Waals surface area contributed by atoms with Crippen molar-refractivity contribution in [2.75, 3.05) is 18.0 Å². The van der Waals surface area contributed by atoms with Crippen molar-refractivity contribution in [3.63, 3.8) is 0 Å². The number of fused-ring (bicyclic) bond motifs is 2. The van der Waals surface area contributed by atoms with Crippen LogP contribution in [0.3, 0.4) is 0 Å². The summed E-state index contributed by atoms with van der Waals surface area (Å²) in [5.74, 6) is -0.670. The van der Waals surface area contributed by atoms with Crippen molar-refractivity contribution in [2.24, 2.45) is 0 Å². The van der Waals surface area contributed by atoms with Gasteiger partial charge in [-0.2, -0.15) is 5.26 Å². The van der Waals surface area contributed by atoms with Crippen LogP contribution >= 0.6 is 0 Å². The molecule has 4 rings (SSSR count). The molecule has 5 nitrogen and oxygen atoms in total. The first-order valence-electron chi connectivity index (χ1n) is 12.3. The van der Waals surface area contributed by atoms with Crippen LogP contribution < -0.4 is 10.2 Å². The van der Waals surface area contributed by atoms with Gasteiger partial charge in [-0.1, -0.05) is 32.0 Å². The number of nitrogens with zero attached hydrogens (tertiary/aromatic N) is 2. The second-order valence-corrected chi connectivity index (χ2v) is 10.0. The van der Waals surface area contributed by atoms with Crippen molar-refractivity contribution < 1.29 is 9.18 Å². The fourth-order valence-electron chi connectivity index (χ4n) is 5.33. The predicted molar refractivity (Wildman–Crippen MR) is 140 cm³/mol. The molecule has 2 heterocycles. The molecule has 0 saturated carbocycles. The van der Waals surface area contributed by atoms with Crippen LogP contribution in [0, 0.1) is 17.1 Å². The van der Waals surface area contributed by atoms with Crippen molar-refractivity contribution in [1.29, 1.82) is 5.26 Å². The Morgan fingerprint density at radius 3 is 2.86 bits per heavy atom. The van der Waals surface area contributed by atoms with E-state index in [0.717, 1.165) is 47.1 Å². The normalized spacial score (nSPS) is 17.2. The predicted octanol–water partition coefficient (Wildman–Crippen LogP) is 6.08. The molecule has 1 amide bonds. The van der Waals surface area contributed by atoms with Crippen molar-refractivity contribution in [3.05, 3.63) is 70.7 Å². The molecule has 0 fully saturated rings. The van der Waals surface area contributed by atoms with Crippen LogP contribution in [-0.4, -0.2) is 29.5 Å². The standard InChI is InChI=1S/C29H33FN4O/c1-5-12-34-27-15-25(30)21(14-24(27)19(2)16-29(34,3)4)13-22(17-31)28(35)32-11-10-20-18-33-26-9-7-6-8-23(20)26/h6-9,13-15,18-19,33H,5,10-12,16H2,1-4H3,(H,32,35)/b22-13+. The molecule has 2 N–H and O–H groups in total. The molecule has 182 valence electrons. The summed E-state index contributed by atoms with van der Waals surface area (Å²) in [4.78, 5) is 18.2. The van der Waals surface area contributed by atoms with Crippen LogP contribution in [-0.2, 0) is 11.2 Å². The van der Waals surface area contributed by atoms with E-state index in [1.165, 1.54) is 6.08 Å². The average Bonchev–Trinajstić information content (AvgIpc) is 3.23. The Morgan fingerprint density at radius 2 is 2.11 bits per heavy atom. The molecular weight excluding hydrogens is 439 g/mol. The number of H-pyrrole nitrogens is 1. The lowest BCUT2D eigenvalue weighted by molar-refractivity contribution is -0.117. The minimum Gasteiger partial charge on any atom is -0.366 e. The van der Waals surface area contributed by atoms with Gasteiger partial charge >= 0.3 is 0 Å². The van der Waals surface area contributed by atoms with Crippen molar-refractivity contribution in [3.8, 4) is 6.07 Å². The van der Waals surface area contributed by atoms with Gasteiger partial charge in [-0.05, 0) is 74.4 Å². The number of aromatic amines is 1. The molecular formula is C29H33FN4O. The molecule has 3 aromatic rings. The van der Waals surface area contributed by atoms with Crippen LogP contribution in [0.15, 0.2) is 48.2 Å². The highest BCUT2D eigenvalue weighted by Crippen LogP contribution is 2.44. The zero-order valence-electron chi connectivity index (χ0n) is 20.9. The summed E-state index contributed by atoms with van der Waals surface area (Å²) < 4.78 is 15.2. The first kappa shape index (κ1) is 24.5. The third kappa shape index (κ3) is 4.95. The van der Waals surface area contributed by atoms with Crippen molar-refractivity contribution >= 4 is 28.6 Å². The molecule has 1 atom stereocenters. The summed E-state index contributed by atoms with van der Waals surface area (Å²) in [5.41, 5.74) is 4.22. The van der Waals surface area contributed by atoms with Gasteiger partial charge in [0, 0.05) is 47.0 Å². The molecule has 0 saturated heterocycles. The van der Waals surface area contributed by atoms with E-state index in [9.17, 15) is 10.1 Å². The lowest BCUT2D eigenvalue weighted by atomic mass is 9.79. The van der Waals surface area contributed by atoms with Crippen LogP contribution in [0.25, 0.3) is 17.0 Å². The van der Waals surface area contributed by atoms with E-state index in [4.69, 9.17) is 0 Å². The maximum Gasteiger partial charge on any atom is 0.261 e. The Balaban J connectivity index is 1.53. The number of halogens is 1. The molecule has 1 aromatic heterocycles. The van der Waals surface area contributed by atoms with Gasteiger partial charge in [0.2, 0.25) is 0 Å². The number of rotatable bonds is 7. The maximum absolute atomic E-state index is 15.2. The molecule has 0 bridgehead atoms. The summed E-state index contributed by atoms with van der Waals surface area (Å²) in [6.07, 6.45) is 5.85. The number of hydrogen-bond donors (Lipinski definition) is 2. The fraction of sp³-hybridized carbons (Fsp3) is 0.379. The Kier molecular flexibility index (Phi) is 6.98. The number of nitrogens with one attached hydrogen (secondary N) is 2. The highest BCUT2D eigenvalue weighted by atomic mass is 19.1. The molecule has 0 radical (unpaired) electrons. The van der Waals surface area contributed by atoms with Gasteiger partial charge in [0.25, 0.3) is 5.91 Å². The van der Waals surface area contributed by atoms with Gasteiger partial charge in [0.1, 0.15) is 17.5 Å². The molecule has 2 aromatic carbocycles. The van der Waals surface area contributed by atoms with Gasteiger partial charge in [-0.15, -0.1) is 0 Å². The molecule has 6 heteroatoms. The molecule has 0 spiro atoms. The molecule has 1 aliphatic rings. The van der Waals surface area contributed by atoms with Gasteiger partial charge in [-0.25, -0.2) is 4.39 Å². The summed E-state index contributed by atoms with van der Waals surface area (Å²) in [5, 5.41) is 13.6. The maximum atomic E-state index is 15.2. The first-order chi connectivity index (χ1) is 16.7. The van der Waals surface area contributed by atoms with Crippen molar-refractivity contribution in [2.45, 2.75) is 58.4 Å². The van der Waals surface area contributed by atoms with E-state index in [2.05, 4.69) is 42.9 Å². The first-order valence-corrected chi connectivity index (χ1v) is 12.3. The summed E-state index contributed by atoms with van der Waals surface area (Å²) in [6, 6.07) is 13.3. The number of benzene rings is 2. The Morgan fingerprint density at radius 1 is 1.34 bits per heavy atom. The minimum absolute atomic E-state index is 0.0608. The van der Waals surface area contributed by atoms with Crippen LogP contribution in [0.5, 0.6) is 0 Å². The fourth-order valence-corrected chi connectivity index (χ4v) is 5.33. The van der Waals surface area contributed by atoms with Crippen LogP contribution in [0.2, 0.25) is 0 Å². The monoisotopic (exact) mass is 472 g/mol. The number of para-hydroxylation sites is 1. The Labute approximate surface area is 206 Å². The second-order valence-electron chi connectivity index (χ2n) is 10.0. The number of aromatic nitrogens is 1. The summed E-state index contributed by atoms with van der Waals surface area (Å²) in [7, 11) is 0. The quantitative estimate of drug-likeness (QED) is 0.324. The van der Waals surface area contributed by atoms with Crippen molar-refractivity contribution in [1.82, 2.24) is 10.3 Å². The van der Waals surface area contributed by atoms with E-state index in [0.29, 0.717) is 13.0 Å². The van der Waals surface area contributed by atoms with E-state index in [1.807, 2.05) is 42.6 Å². The Hall–Kier alpha value is -3.59. The van der Waals surface area contributed by atoms with E-state index >= 15 is 4.39 Å². The lowest BCUT2D eigenvalue weighted by Crippen LogP contribution is -2.48. The molecule has 35 heavy (non-hydrogen) atoms. The van der Waals surface area contributed by atoms with Gasteiger partial charge < -0.3 is 15.2 Å². The van der Waals surface area contributed by atoms with Gasteiger partial charge in [0.05, 0.1) is 0 Å². The topological polar surface area (TPSA) is 71.9 Å². The highest BCUT2D eigenvalue weighted by molar-refractivity contribution is 6.01. The van der Waals surface area contributed by atoms with E-state index < -0.39 is 11.7 Å². The summed E-state index contributed by atoms with van der Waals surface area (Å²) in [6.45, 7) is 9.90. The second kappa shape index (κ2) is 9.95. The smallest absolute Gasteiger partial charge is 0.261 e. The minimum atomic E-state index is -0.494. The zero-order valence-corrected chi connectivity index (χ0v) is 20.9. The highest BCUT2D eigenvalue weighted by Gasteiger charge is 2.36. The number of anilines is 1. The number of carbonyl (C=O) groups is 1. The summed E-state index contributed by atoms with van der Waals surface area (Å²) >= 11 is 0. The molecule has 1 aliphatic heterocycles. The van der Waals surface area contributed by atoms with Crippen LogP contribution in [0.1, 0.15) is 63.1 Å². The SMILES string of the molecule is CCCN1c2cc(F)c(/C=C(\C#N)C(=O)NCCc3c[nH]c4ccccc34)cc2C(C)CC1(C)C.